The molecule has 3 N–H and O–H groups in total. The number of nitrogens with one attached hydrogen (secondary N) is 1. The first-order valence-electron chi connectivity index (χ1n) is 7.07. The van der Waals surface area contributed by atoms with E-state index < -0.39 is 6.04 Å². The molecule has 1 amide bonds. The maximum absolute atomic E-state index is 12.6. The minimum Gasteiger partial charge on any atom is -0.374 e. The first-order chi connectivity index (χ1) is 11.7. The van der Waals surface area contributed by atoms with Gasteiger partial charge in [-0.05, 0) is 5.56 Å². The Hall–Kier alpha value is -2.78. The quantitative estimate of drug-likeness (QED) is 0.585. The van der Waals surface area contributed by atoms with Crippen LogP contribution in [0.3, 0.4) is 0 Å². The summed E-state index contributed by atoms with van der Waals surface area (Å²) in [6, 6.07) is 9.16. The summed E-state index contributed by atoms with van der Waals surface area (Å²) in [5.74, 6) is -0.270. The van der Waals surface area contributed by atoms with E-state index in [4.69, 9.17) is 5.73 Å². The number of aromatic nitrogens is 4. The monoisotopic (exact) mass is 356 g/mol. The zero-order chi connectivity index (χ0) is 16.5. The lowest BCUT2D eigenvalue weighted by molar-refractivity contribution is 0.0938. The van der Waals surface area contributed by atoms with Gasteiger partial charge in [-0.1, -0.05) is 41.7 Å². The van der Waals surface area contributed by atoms with Gasteiger partial charge in [-0.2, -0.15) is 0 Å². The number of benzene rings is 1. The van der Waals surface area contributed by atoms with Crippen molar-refractivity contribution in [2.45, 2.75) is 6.04 Å². The molecule has 0 saturated heterocycles. The Kier molecular flexibility index (Phi) is 3.71. The van der Waals surface area contributed by atoms with Crippen LogP contribution in [-0.4, -0.2) is 25.5 Å². The van der Waals surface area contributed by atoms with Gasteiger partial charge in [0, 0.05) is 17.8 Å². The van der Waals surface area contributed by atoms with Gasteiger partial charge in [-0.3, -0.25) is 9.20 Å². The van der Waals surface area contributed by atoms with Gasteiger partial charge >= 0.3 is 0 Å². The highest BCUT2D eigenvalue weighted by atomic mass is 32.1. The molecule has 1 aromatic carbocycles. The zero-order valence-electron chi connectivity index (χ0n) is 12.3. The Morgan fingerprint density at radius 1 is 1.25 bits per heavy atom. The van der Waals surface area contributed by atoms with Gasteiger partial charge in [-0.15, -0.1) is 21.5 Å². The lowest BCUT2D eigenvalue weighted by Gasteiger charge is -2.15. The fourth-order valence-corrected chi connectivity index (χ4v) is 3.73. The van der Waals surface area contributed by atoms with Gasteiger partial charge in [0.15, 0.2) is 4.96 Å². The van der Waals surface area contributed by atoms with E-state index in [9.17, 15) is 4.79 Å². The topological polar surface area (TPSA) is 98.2 Å². The average Bonchev–Trinajstić information content (AvgIpc) is 3.29. The van der Waals surface area contributed by atoms with Crippen LogP contribution in [0.5, 0.6) is 0 Å². The number of anilines is 1. The number of nitrogens with zero attached hydrogens (tertiary/aromatic N) is 4. The number of fused-ring (bicyclic) bond motifs is 1. The fourth-order valence-electron chi connectivity index (χ4n) is 2.34. The molecule has 0 aliphatic rings. The molecular formula is C15H12N6OS2. The van der Waals surface area contributed by atoms with Crippen LogP contribution in [0.4, 0.5) is 5.13 Å². The number of carbonyl (C=O) groups is 1. The summed E-state index contributed by atoms with van der Waals surface area (Å²) in [7, 11) is 0. The summed E-state index contributed by atoms with van der Waals surface area (Å²) in [5, 5.41) is 13.8. The van der Waals surface area contributed by atoms with Crippen molar-refractivity contribution in [1.82, 2.24) is 24.9 Å². The predicted octanol–water partition coefficient (Wildman–Crippen LogP) is 2.35. The third-order valence-electron chi connectivity index (χ3n) is 3.44. The van der Waals surface area contributed by atoms with Crippen LogP contribution in [0.25, 0.3) is 4.96 Å². The van der Waals surface area contributed by atoms with Gasteiger partial charge in [0.05, 0.1) is 0 Å². The molecule has 3 aromatic heterocycles. The predicted molar refractivity (Wildman–Crippen MR) is 93.1 cm³/mol. The fraction of sp³-hybridized carbons (Fsp3) is 0.0667. The first-order valence-corrected chi connectivity index (χ1v) is 8.77. The SMILES string of the molecule is Nc1nnc([C@H](NC(=O)c2cn3ccsc3n2)c2ccccc2)s1. The molecule has 0 fully saturated rings. The van der Waals surface area contributed by atoms with Gasteiger partial charge in [0.2, 0.25) is 5.13 Å². The normalized spacial score (nSPS) is 12.3. The van der Waals surface area contributed by atoms with E-state index in [-0.39, 0.29) is 5.91 Å². The minimum absolute atomic E-state index is 0.270. The maximum Gasteiger partial charge on any atom is 0.272 e. The van der Waals surface area contributed by atoms with E-state index in [2.05, 4.69) is 20.5 Å². The van der Waals surface area contributed by atoms with E-state index in [1.165, 1.54) is 22.7 Å². The first kappa shape index (κ1) is 14.8. The molecule has 1 atom stereocenters. The lowest BCUT2D eigenvalue weighted by atomic mass is 10.1. The van der Waals surface area contributed by atoms with Crippen LogP contribution < -0.4 is 11.1 Å². The molecule has 0 aliphatic carbocycles. The zero-order valence-corrected chi connectivity index (χ0v) is 13.9. The molecule has 0 saturated carbocycles. The lowest BCUT2D eigenvalue weighted by Crippen LogP contribution is -2.29. The van der Waals surface area contributed by atoms with Gasteiger partial charge < -0.3 is 11.1 Å². The molecule has 3 heterocycles. The van der Waals surface area contributed by atoms with Crippen LogP contribution in [-0.2, 0) is 0 Å². The van der Waals surface area contributed by atoms with E-state index in [1.54, 1.807) is 6.20 Å². The largest absolute Gasteiger partial charge is 0.374 e. The number of rotatable bonds is 4. The third kappa shape index (κ3) is 2.74. The Morgan fingerprint density at radius 3 is 2.79 bits per heavy atom. The molecule has 120 valence electrons. The van der Waals surface area contributed by atoms with E-state index in [1.807, 2.05) is 46.3 Å². The summed E-state index contributed by atoms with van der Waals surface area (Å²) in [6.07, 6.45) is 3.57. The number of amides is 1. The van der Waals surface area contributed by atoms with Crippen molar-refractivity contribution >= 4 is 38.7 Å². The highest BCUT2D eigenvalue weighted by Crippen LogP contribution is 2.26. The second-order valence-corrected chi connectivity index (χ2v) is 6.93. The second-order valence-electron chi connectivity index (χ2n) is 5.01. The van der Waals surface area contributed by atoms with Gasteiger partial charge in [0.25, 0.3) is 5.91 Å². The number of nitrogens with two attached hydrogens (primary N) is 1. The number of thiazole rings is 1. The van der Waals surface area contributed by atoms with Crippen molar-refractivity contribution in [2.24, 2.45) is 0 Å². The molecule has 0 aliphatic heterocycles. The Balaban J connectivity index is 1.66. The van der Waals surface area contributed by atoms with Crippen LogP contribution in [0.1, 0.15) is 27.1 Å². The maximum atomic E-state index is 12.6. The van der Waals surface area contributed by atoms with Crippen molar-refractivity contribution in [2.75, 3.05) is 5.73 Å². The van der Waals surface area contributed by atoms with Crippen molar-refractivity contribution in [3.63, 3.8) is 0 Å². The van der Waals surface area contributed by atoms with Gasteiger partial charge in [0.1, 0.15) is 16.7 Å². The van der Waals surface area contributed by atoms with E-state index >= 15 is 0 Å². The van der Waals surface area contributed by atoms with Gasteiger partial charge in [-0.25, -0.2) is 4.98 Å². The van der Waals surface area contributed by atoms with Crippen LogP contribution in [0.2, 0.25) is 0 Å². The Bertz CT molecular complexity index is 961. The molecule has 7 nitrogen and oxygen atoms in total. The van der Waals surface area contributed by atoms with Crippen LogP contribution in [0, 0.1) is 0 Å². The van der Waals surface area contributed by atoms with Crippen molar-refractivity contribution in [3.05, 3.63) is 64.4 Å². The van der Waals surface area contributed by atoms with Crippen molar-refractivity contribution in [1.29, 1.82) is 0 Å². The van der Waals surface area contributed by atoms with Crippen LogP contribution in [0.15, 0.2) is 48.1 Å². The molecule has 0 bridgehead atoms. The molecule has 0 unspecified atom stereocenters. The Labute approximate surface area is 144 Å². The molecule has 0 radical (unpaired) electrons. The third-order valence-corrected chi connectivity index (χ3v) is 5.03. The van der Waals surface area contributed by atoms with Crippen LogP contribution >= 0.6 is 22.7 Å². The molecule has 0 spiro atoms. The summed E-state index contributed by atoms with van der Waals surface area (Å²) >= 11 is 2.73. The molecular weight excluding hydrogens is 344 g/mol. The average molecular weight is 356 g/mol. The number of nitrogen functional groups attached to an aromatic ring is 1. The number of hydrogen-bond donors (Lipinski definition) is 2. The van der Waals surface area contributed by atoms with E-state index in [0.717, 1.165) is 10.5 Å². The highest BCUT2D eigenvalue weighted by molar-refractivity contribution is 7.15. The van der Waals surface area contributed by atoms with Crippen molar-refractivity contribution < 1.29 is 4.79 Å². The number of imidazole rings is 1. The molecule has 4 rings (SSSR count). The molecule has 24 heavy (non-hydrogen) atoms. The van der Waals surface area contributed by atoms with Crippen molar-refractivity contribution in [3.8, 4) is 0 Å². The molecule has 4 aromatic rings. The smallest absolute Gasteiger partial charge is 0.272 e. The molecule has 9 heteroatoms. The minimum atomic E-state index is -0.423. The standard InChI is InChI=1S/C15H12N6OS2/c16-14-20-19-13(24-14)11(9-4-2-1-3-5-9)18-12(22)10-8-21-6-7-23-15(21)17-10/h1-8,11H,(H2,16,20)(H,18,22)/t11-/m1/s1. The summed E-state index contributed by atoms with van der Waals surface area (Å²) in [6.45, 7) is 0. The Morgan fingerprint density at radius 2 is 2.08 bits per heavy atom. The number of carbonyl (C=O) groups excluding carboxylic acids is 1. The summed E-state index contributed by atoms with van der Waals surface area (Å²) in [5.41, 5.74) is 6.96. The number of hydrogen-bond acceptors (Lipinski definition) is 7. The van der Waals surface area contributed by atoms with E-state index in [0.29, 0.717) is 15.8 Å². The summed E-state index contributed by atoms with van der Waals surface area (Å²) in [4.78, 5) is 17.7. The summed E-state index contributed by atoms with van der Waals surface area (Å²) < 4.78 is 1.82. The second kappa shape index (κ2) is 6.02. The highest BCUT2D eigenvalue weighted by Gasteiger charge is 2.23.